The molecule has 0 spiro atoms. The van der Waals surface area contributed by atoms with Gasteiger partial charge in [-0.3, -0.25) is 0 Å². The zero-order valence-electron chi connectivity index (χ0n) is 9.47. The van der Waals surface area contributed by atoms with Gasteiger partial charge in [0.1, 0.15) is 5.82 Å². The van der Waals surface area contributed by atoms with Gasteiger partial charge in [0, 0.05) is 0 Å². The van der Waals surface area contributed by atoms with Crippen LogP contribution in [0.3, 0.4) is 0 Å². The van der Waals surface area contributed by atoms with Crippen LogP contribution in [-0.4, -0.2) is 13.1 Å². The molecule has 0 fully saturated rings. The van der Waals surface area contributed by atoms with Crippen molar-refractivity contribution >= 4 is 15.9 Å². The van der Waals surface area contributed by atoms with E-state index in [-0.39, 0.29) is 5.82 Å². The van der Waals surface area contributed by atoms with E-state index in [2.05, 4.69) is 40.3 Å². The number of halogens is 2. The Labute approximate surface area is 105 Å². The largest absolute Gasteiger partial charge is 0.317 e. The van der Waals surface area contributed by atoms with Crippen LogP contribution in [0.4, 0.5) is 4.39 Å². The van der Waals surface area contributed by atoms with Gasteiger partial charge < -0.3 is 5.32 Å². The predicted octanol–water partition coefficient (Wildman–Crippen LogP) is 3.69. The molecule has 0 bridgehead atoms. The van der Waals surface area contributed by atoms with Crippen LogP contribution in [0.25, 0.3) is 0 Å². The summed E-state index contributed by atoms with van der Waals surface area (Å²) in [5, 5.41) is 3.25. The maximum absolute atomic E-state index is 13.2. The van der Waals surface area contributed by atoms with E-state index >= 15 is 0 Å². The molecule has 0 aliphatic heterocycles. The summed E-state index contributed by atoms with van der Waals surface area (Å²) < 4.78 is 13.7. The zero-order chi connectivity index (χ0) is 11.8. The van der Waals surface area contributed by atoms with Gasteiger partial charge in [-0.2, -0.15) is 0 Å². The second-order valence-electron chi connectivity index (χ2n) is 3.53. The monoisotopic (exact) mass is 285 g/mol. The number of benzene rings is 1. The maximum atomic E-state index is 13.2. The molecule has 0 saturated carbocycles. The number of allylic oxidation sites excluding steroid dienone is 1. The topological polar surface area (TPSA) is 12.0 Å². The molecule has 0 heterocycles. The predicted molar refractivity (Wildman–Crippen MR) is 70.1 cm³/mol. The van der Waals surface area contributed by atoms with E-state index in [9.17, 15) is 4.39 Å². The SMILES string of the molecule is CCNCC/C=C/Cc1cccc(F)c1Br. The summed E-state index contributed by atoms with van der Waals surface area (Å²) in [7, 11) is 0. The molecule has 0 radical (unpaired) electrons. The molecule has 3 heteroatoms. The Kier molecular flexibility index (Phi) is 6.34. The molecule has 88 valence electrons. The van der Waals surface area contributed by atoms with Crippen molar-refractivity contribution in [3.63, 3.8) is 0 Å². The minimum Gasteiger partial charge on any atom is -0.317 e. The summed E-state index contributed by atoms with van der Waals surface area (Å²) in [6.07, 6.45) is 5.99. The molecule has 1 rings (SSSR count). The molecule has 1 N–H and O–H groups in total. The first kappa shape index (κ1) is 13.4. The standard InChI is InChI=1S/C13H17BrFN/c1-2-16-10-5-3-4-7-11-8-6-9-12(15)13(11)14/h3-4,6,8-9,16H,2,5,7,10H2,1H3/b4-3+. The van der Waals surface area contributed by atoms with E-state index in [1.54, 1.807) is 6.07 Å². The number of hydrogen-bond acceptors (Lipinski definition) is 1. The third kappa shape index (κ3) is 4.45. The lowest BCUT2D eigenvalue weighted by Crippen LogP contribution is -2.12. The first-order valence-electron chi connectivity index (χ1n) is 5.54. The molecule has 0 saturated heterocycles. The Morgan fingerprint density at radius 3 is 2.94 bits per heavy atom. The van der Waals surface area contributed by atoms with Gasteiger partial charge in [-0.15, -0.1) is 0 Å². The highest BCUT2D eigenvalue weighted by molar-refractivity contribution is 9.10. The normalized spacial score (nSPS) is 11.2. The Balaban J connectivity index is 2.39. The molecule has 1 aromatic carbocycles. The number of hydrogen-bond donors (Lipinski definition) is 1. The number of rotatable bonds is 6. The summed E-state index contributed by atoms with van der Waals surface area (Å²) >= 11 is 3.25. The van der Waals surface area contributed by atoms with E-state index in [1.807, 2.05) is 6.07 Å². The number of nitrogens with one attached hydrogen (secondary N) is 1. The molecular weight excluding hydrogens is 269 g/mol. The minimum absolute atomic E-state index is 0.196. The molecule has 0 atom stereocenters. The summed E-state index contributed by atoms with van der Waals surface area (Å²) in [4.78, 5) is 0. The lowest BCUT2D eigenvalue weighted by molar-refractivity contribution is 0.619. The lowest BCUT2D eigenvalue weighted by atomic mass is 10.1. The van der Waals surface area contributed by atoms with E-state index in [0.717, 1.165) is 31.5 Å². The lowest BCUT2D eigenvalue weighted by Gasteiger charge is -2.01. The van der Waals surface area contributed by atoms with E-state index in [0.29, 0.717) is 4.47 Å². The van der Waals surface area contributed by atoms with Crippen LogP contribution in [0, 0.1) is 5.82 Å². The van der Waals surface area contributed by atoms with Crippen LogP contribution in [0.15, 0.2) is 34.8 Å². The van der Waals surface area contributed by atoms with E-state index in [4.69, 9.17) is 0 Å². The molecule has 0 aliphatic rings. The highest BCUT2D eigenvalue weighted by Crippen LogP contribution is 2.20. The fraction of sp³-hybridized carbons (Fsp3) is 0.385. The Morgan fingerprint density at radius 1 is 1.38 bits per heavy atom. The minimum atomic E-state index is -0.196. The fourth-order valence-corrected chi connectivity index (χ4v) is 1.82. The third-order valence-corrected chi connectivity index (χ3v) is 3.16. The van der Waals surface area contributed by atoms with Crippen molar-refractivity contribution in [2.24, 2.45) is 0 Å². The Hall–Kier alpha value is -0.670. The molecule has 0 aliphatic carbocycles. The smallest absolute Gasteiger partial charge is 0.137 e. The van der Waals surface area contributed by atoms with Crippen molar-refractivity contribution in [2.75, 3.05) is 13.1 Å². The van der Waals surface area contributed by atoms with E-state index < -0.39 is 0 Å². The second kappa shape index (κ2) is 7.58. The van der Waals surface area contributed by atoms with Gasteiger partial charge in [0.2, 0.25) is 0 Å². The molecular formula is C13H17BrFN. The van der Waals surface area contributed by atoms with Crippen LogP contribution in [0.2, 0.25) is 0 Å². The second-order valence-corrected chi connectivity index (χ2v) is 4.32. The van der Waals surface area contributed by atoms with E-state index in [1.165, 1.54) is 6.07 Å². The van der Waals surface area contributed by atoms with Gasteiger partial charge in [-0.25, -0.2) is 4.39 Å². The quantitative estimate of drug-likeness (QED) is 0.621. The van der Waals surface area contributed by atoms with Crippen LogP contribution < -0.4 is 5.32 Å². The first-order chi connectivity index (χ1) is 7.75. The summed E-state index contributed by atoms with van der Waals surface area (Å²) in [6, 6.07) is 5.13. The van der Waals surface area contributed by atoms with Crippen molar-refractivity contribution < 1.29 is 4.39 Å². The Bertz CT molecular complexity index is 350. The molecule has 0 unspecified atom stereocenters. The molecule has 1 nitrogen and oxygen atoms in total. The molecule has 0 aromatic heterocycles. The van der Waals surface area contributed by atoms with Gasteiger partial charge in [-0.05, 0) is 53.5 Å². The molecule has 16 heavy (non-hydrogen) atoms. The van der Waals surface area contributed by atoms with Crippen LogP contribution in [0.1, 0.15) is 18.9 Å². The average molecular weight is 286 g/mol. The zero-order valence-corrected chi connectivity index (χ0v) is 11.1. The van der Waals surface area contributed by atoms with Gasteiger partial charge in [0.25, 0.3) is 0 Å². The summed E-state index contributed by atoms with van der Waals surface area (Å²) in [5.41, 5.74) is 0.986. The first-order valence-corrected chi connectivity index (χ1v) is 6.33. The van der Waals surface area contributed by atoms with Crippen molar-refractivity contribution in [3.8, 4) is 0 Å². The van der Waals surface area contributed by atoms with Crippen molar-refractivity contribution in [1.82, 2.24) is 5.32 Å². The highest BCUT2D eigenvalue weighted by Gasteiger charge is 2.02. The highest BCUT2D eigenvalue weighted by atomic mass is 79.9. The average Bonchev–Trinajstić information content (AvgIpc) is 2.29. The van der Waals surface area contributed by atoms with Gasteiger partial charge in [-0.1, -0.05) is 31.2 Å². The van der Waals surface area contributed by atoms with Crippen molar-refractivity contribution in [2.45, 2.75) is 19.8 Å². The van der Waals surface area contributed by atoms with Crippen LogP contribution >= 0.6 is 15.9 Å². The fourth-order valence-electron chi connectivity index (χ4n) is 1.40. The van der Waals surface area contributed by atoms with Gasteiger partial charge >= 0.3 is 0 Å². The maximum Gasteiger partial charge on any atom is 0.137 e. The molecule has 1 aromatic rings. The Morgan fingerprint density at radius 2 is 2.19 bits per heavy atom. The van der Waals surface area contributed by atoms with Gasteiger partial charge in [0.05, 0.1) is 4.47 Å². The van der Waals surface area contributed by atoms with Gasteiger partial charge in [0.15, 0.2) is 0 Å². The van der Waals surface area contributed by atoms with Crippen LogP contribution in [0.5, 0.6) is 0 Å². The summed E-state index contributed by atoms with van der Waals surface area (Å²) in [6.45, 7) is 4.09. The van der Waals surface area contributed by atoms with Crippen LogP contribution in [-0.2, 0) is 6.42 Å². The summed E-state index contributed by atoms with van der Waals surface area (Å²) in [5.74, 6) is -0.196. The molecule has 0 amide bonds. The van der Waals surface area contributed by atoms with Crippen molar-refractivity contribution in [1.29, 1.82) is 0 Å². The van der Waals surface area contributed by atoms with Crippen molar-refractivity contribution in [3.05, 3.63) is 46.2 Å². The third-order valence-electron chi connectivity index (χ3n) is 2.27.